The summed E-state index contributed by atoms with van der Waals surface area (Å²) < 4.78 is 30.9. The molecule has 15 heteroatoms. The second-order valence-corrected chi connectivity index (χ2v) is 12.1. The van der Waals surface area contributed by atoms with Crippen LogP contribution in [0.5, 0.6) is 11.5 Å². The van der Waals surface area contributed by atoms with Crippen molar-refractivity contribution in [2.75, 3.05) is 62.7 Å². The predicted octanol–water partition coefficient (Wildman–Crippen LogP) is 4.27. The van der Waals surface area contributed by atoms with Gasteiger partial charge in [0.25, 0.3) is 5.56 Å². The van der Waals surface area contributed by atoms with Crippen molar-refractivity contribution in [2.24, 2.45) is 0 Å². The number of fused-ring (bicyclic) bond motifs is 1. The number of benzene rings is 3. The third kappa shape index (κ3) is 7.26. The first-order valence-corrected chi connectivity index (χ1v) is 15.9. The molecule has 2 heterocycles. The highest BCUT2D eigenvalue weighted by molar-refractivity contribution is 6.03. The first-order chi connectivity index (χ1) is 23.9. The van der Waals surface area contributed by atoms with E-state index in [1.807, 2.05) is 0 Å². The van der Waals surface area contributed by atoms with Gasteiger partial charge in [-0.2, -0.15) is 0 Å². The molecule has 1 aliphatic rings. The number of carbonyl (C=O) groups excluding carboxylic acids is 3. The van der Waals surface area contributed by atoms with Crippen molar-refractivity contribution >= 4 is 40.3 Å². The first kappa shape index (κ1) is 35.4. The number of halogens is 1. The van der Waals surface area contributed by atoms with Gasteiger partial charge in [-0.1, -0.05) is 12.1 Å². The molecule has 1 aromatic heterocycles. The van der Waals surface area contributed by atoms with Crippen LogP contribution in [-0.2, 0) is 9.53 Å². The summed E-state index contributed by atoms with van der Waals surface area (Å²) >= 11 is 0. The molecule has 0 radical (unpaired) electrons. The number of piperazine rings is 1. The van der Waals surface area contributed by atoms with E-state index in [-0.39, 0.29) is 43.5 Å². The topological polar surface area (TPSA) is 148 Å². The summed E-state index contributed by atoms with van der Waals surface area (Å²) in [5, 5.41) is 7.55. The van der Waals surface area contributed by atoms with Crippen LogP contribution in [0, 0.1) is 5.82 Å². The van der Waals surface area contributed by atoms with Gasteiger partial charge in [-0.15, -0.1) is 0 Å². The molecule has 0 unspecified atom stereocenters. The molecule has 1 fully saturated rings. The molecule has 0 aliphatic carbocycles. The number of ether oxygens (including phenoxy) is 3. The van der Waals surface area contributed by atoms with Gasteiger partial charge in [-0.3, -0.25) is 14.5 Å². The average Bonchev–Trinajstić information content (AvgIpc) is 3.12. The molecule has 0 spiro atoms. The molecule has 0 saturated carbocycles. The largest absolute Gasteiger partial charge is 0.497 e. The Morgan fingerprint density at radius 2 is 1.62 bits per heavy atom. The molecule has 50 heavy (non-hydrogen) atoms. The number of alkyl carbamates (subject to hydrolysis) is 1. The van der Waals surface area contributed by atoms with Crippen LogP contribution in [0.25, 0.3) is 10.9 Å². The molecule has 1 atom stereocenters. The van der Waals surface area contributed by atoms with E-state index in [2.05, 4.69) is 15.4 Å². The van der Waals surface area contributed by atoms with Crippen LogP contribution in [-0.4, -0.2) is 85.6 Å². The molecule has 4 aromatic rings. The van der Waals surface area contributed by atoms with Crippen molar-refractivity contribution in [2.45, 2.75) is 32.4 Å². The zero-order chi connectivity index (χ0) is 36.2. The Morgan fingerprint density at radius 3 is 2.26 bits per heavy atom. The van der Waals surface area contributed by atoms with Crippen LogP contribution in [0.3, 0.4) is 0 Å². The van der Waals surface area contributed by atoms with E-state index in [0.717, 1.165) is 0 Å². The summed E-state index contributed by atoms with van der Waals surface area (Å²) in [5.41, 5.74) is -0.460. The highest BCUT2D eigenvalue weighted by atomic mass is 19.1. The van der Waals surface area contributed by atoms with E-state index in [0.29, 0.717) is 33.8 Å². The van der Waals surface area contributed by atoms with Gasteiger partial charge >= 0.3 is 12.1 Å². The fraction of sp³-hybridized carbons (Fsp3) is 0.343. The van der Waals surface area contributed by atoms with Crippen LogP contribution in [0.2, 0.25) is 0 Å². The average molecular weight is 690 g/mol. The third-order valence-electron chi connectivity index (χ3n) is 8.46. The van der Waals surface area contributed by atoms with E-state index >= 15 is 0 Å². The minimum Gasteiger partial charge on any atom is -0.497 e. The summed E-state index contributed by atoms with van der Waals surface area (Å²) in [6, 6.07) is 15.7. The molecule has 2 N–H and O–H groups in total. The van der Waals surface area contributed by atoms with Crippen LogP contribution in [0.4, 0.5) is 25.4 Å². The van der Waals surface area contributed by atoms with Crippen molar-refractivity contribution in [1.29, 1.82) is 0 Å². The van der Waals surface area contributed by atoms with Gasteiger partial charge in [0.15, 0.2) is 5.82 Å². The third-order valence-corrected chi connectivity index (χ3v) is 8.46. The fourth-order valence-electron chi connectivity index (χ4n) is 5.85. The van der Waals surface area contributed by atoms with Gasteiger partial charge in [0.1, 0.15) is 22.9 Å². The minimum absolute atomic E-state index is 0.235. The highest BCUT2D eigenvalue weighted by Crippen LogP contribution is 2.37. The maximum absolute atomic E-state index is 14.3. The van der Waals surface area contributed by atoms with Gasteiger partial charge in [0, 0.05) is 24.8 Å². The Morgan fingerprint density at radius 1 is 0.940 bits per heavy atom. The molecule has 5 rings (SSSR count). The number of rotatable bonds is 9. The Kier molecular flexibility index (Phi) is 10.4. The van der Waals surface area contributed by atoms with E-state index < -0.39 is 29.5 Å². The van der Waals surface area contributed by atoms with Crippen molar-refractivity contribution in [3.8, 4) is 11.5 Å². The number of hydrogen-bond acceptors (Lipinski definition) is 9. The number of methoxy groups -OCH3 is 3. The van der Waals surface area contributed by atoms with E-state index in [4.69, 9.17) is 14.5 Å². The normalized spacial score (nSPS) is 13.7. The number of amides is 4. The van der Waals surface area contributed by atoms with Crippen molar-refractivity contribution in [3.05, 3.63) is 88.7 Å². The number of para-hydroxylation sites is 1. The van der Waals surface area contributed by atoms with Crippen molar-refractivity contribution < 1.29 is 33.0 Å². The monoisotopic (exact) mass is 689 g/mol. The number of carbonyl (C=O) groups is 3. The lowest BCUT2D eigenvalue weighted by atomic mass is 10.0. The number of anilines is 2. The zero-order valence-electron chi connectivity index (χ0n) is 28.7. The van der Waals surface area contributed by atoms with Gasteiger partial charge < -0.3 is 34.8 Å². The molecule has 264 valence electrons. The molecular formula is C35H40FN7O7. The quantitative estimate of drug-likeness (QED) is 0.263. The van der Waals surface area contributed by atoms with Gasteiger partial charge in [0.2, 0.25) is 5.91 Å². The molecule has 3 aromatic carbocycles. The van der Waals surface area contributed by atoms with Crippen LogP contribution in [0.1, 0.15) is 32.6 Å². The number of nitrogens with one attached hydrogen (secondary N) is 2. The van der Waals surface area contributed by atoms with E-state index in [1.165, 1.54) is 55.2 Å². The number of aromatic nitrogens is 2. The lowest BCUT2D eigenvalue weighted by Crippen LogP contribution is -2.62. The second kappa shape index (κ2) is 14.7. The molecule has 14 nitrogen and oxygen atoms in total. The predicted molar refractivity (Wildman–Crippen MR) is 186 cm³/mol. The number of urea groups is 1. The summed E-state index contributed by atoms with van der Waals surface area (Å²) in [5.74, 6) is 0.286. The van der Waals surface area contributed by atoms with Crippen LogP contribution >= 0.6 is 0 Å². The van der Waals surface area contributed by atoms with Crippen LogP contribution < -0.4 is 35.6 Å². The smallest absolute Gasteiger partial charge is 0.407 e. The Bertz CT molecular complexity index is 1940. The van der Waals surface area contributed by atoms with Gasteiger partial charge in [-0.25, -0.2) is 23.6 Å². The standard InChI is InChI=1S/C35H40FN7O7/c1-22(42(28-16-15-25(48-4)21-29(28)49-5)33(46)37-24-13-11-23(36)12-14-24)30-38-27-10-8-7-9-26(27)31(44)43(30)41-19-17-40(18-20-41)32(45)35(2,3)39-34(47)50-6/h7-16,21-22H,17-20H2,1-6H3,(H,37,46)(H,39,47)/t22-/m0/s1. The lowest BCUT2D eigenvalue weighted by Gasteiger charge is -2.41. The Labute approximate surface area is 288 Å². The fourth-order valence-corrected chi connectivity index (χ4v) is 5.85. The SMILES string of the molecule is COC(=O)NC(C)(C)C(=O)N1CCN(n2c([C@H](C)N(C(=O)Nc3ccc(F)cc3)c3ccc(OC)cc3OC)nc3ccccc3c2=O)CC1. The lowest BCUT2D eigenvalue weighted by molar-refractivity contribution is -0.137. The van der Waals surface area contributed by atoms with E-state index in [1.54, 1.807) is 73.1 Å². The Balaban J connectivity index is 1.57. The summed E-state index contributed by atoms with van der Waals surface area (Å²) in [7, 11) is 4.20. The first-order valence-electron chi connectivity index (χ1n) is 15.9. The Hall–Kier alpha value is -5.86. The molecule has 1 aliphatic heterocycles. The van der Waals surface area contributed by atoms with Crippen molar-refractivity contribution in [3.63, 3.8) is 0 Å². The van der Waals surface area contributed by atoms with Gasteiger partial charge in [0.05, 0.1) is 57.1 Å². The van der Waals surface area contributed by atoms with Gasteiger partial charge in [-0.05, 0) is 69.3 Å². The van der Waals surface area contributed by atoms with Crippen molar-refractivity contribution in [1.82, 2.24) is 19.9 Å². The second-order valence-electron chi connectivity index (χ2n) is 12.1. The highest BCUT2D eigenvalue weighted by Gasteiger charge is 2.37. The molecule has 0 bridgehead atoms. The minimum atomic E-state index is -1.23. The van der Waals surface area contributed by atoms with Crippen LogP contribution in [0.15, 0.2) is 71.5 Å². The summed E-state index contributed by atoms with van der Waals surface area (Å²) in [4.78, 5) is 61.7. The maximum atomic E-state index is 14.3. The maximum Gasteiger partial charge on any atom is 0.407 e. The van der Waals surface area contributed by atoms with E-state index in [9.17, 15) is 23.6 Å². The summed E-state index contributed by atoms with van der Waals surface area (Å²) in [6.45, 7) is 5.88. The molecular weight excluding hydrogens is 649 g/mol. The number of hydrogen-bond donors (Lipinski definition) is 2. The molecule has 1 saturated heterocycles. The summed E-state index contributed by atoms with van der Waals surface area (Å²) in [6.07, 6.45) is -0.726. The molecule has 4 amide bonds. The zero-order valence-corrected chi connectivity index (χ0v) is 28.7. The number of nitrogens with zero attached hydrogens (tertiary/aromatic N) is 5.